The highest BCUT2D eigenvalue weighted by Gasteiger charge is 2.68. The molecule has 1 aromatic rings. The van der Waals surface area contributed by atoms with Crippen LogP contribution in [0.5, 0.6) is 0 Å². The van der Waals surface area contributed by atoms with E-state index in [1.165, 1.54) is 21.0 Å². The third-order valence-electron chi connectivity index (χ3n) is 13.8. The Bertz CT molecular complexity index is 1450. The van der Waals surface area contributed by atoms with E-state index >= 15 is 0 Å². The van der Waals surface area contributed by atoms with Crippen molar-refractivity contribution < 1.29 is 28.6 Å². The van der Waals surface area contributed by atoms with Gasteiger partial charge >= 0.3 is 17.9 Å². The molecule has 0 saturated heterocycles. The number of benzene rings is 1. The van der Waals surface area contributed by atoms with Gasteiger partial charge in [-0.15, -0.1) is 0 Å². The number of hydrogen-bond donors (Lipinski definition) is 1. The molecule has 260 valence electrons. The summed E-state index contributed by atoms with van der Waals surface area (Å²) in [5, 5.41) is 20.6. The summed E-state index contributed by atoms with van der Waals surface area (Å²) in [6, 6.07) is 12.7. The van der Waals surface area contributed by atoms with Gasteiger partial charge < -0.3 is 19.9 Å². The second-order valence-electron chi connectivity index (χ2n) is 15.8. The number of ether oxygens (including phenoxy) is 3. The number of fused-ring (bicyclic) bond motifs is 5. The maximum absolute atomic E-state index is 12.7. The number of rotatable bonds is 9. The third-order valence-corrected chi connectivity index (χ3v) is 13.8. The van der Waals surface area contributed by atoms with Gasteiger partial charge in [-0.3, -0.25) is 14.4 Å². The highest BCUT2D eigenvalue weighted by molar-refractivity contribution is 5.69. The molecule has 9 heteroatoms. The Morgan fingerprint density at radius 2 is 1.65 bits per heavy atom. The van der Waals surface area contributed by atoms with Crippen LogP contribution in [-0.2, 0) is 40.6 Å². The van der Waals surface area contributed by atoms with E-state index in [2.05, 4.69) is 32.9 Å². The molecule has 48 heavy (non-hydrogen) atoms. The average Bonchev–Trinajstić information content (AvgIpc) is 3.42. The van der Waals surface area contributed by atoms with Crippen LogP contribution < -0.4 is 5.73 Å². The molecule has 9 nitrogen and oxygen atoms in total. The quantitative estimate of drug-likeness (QED) is 0.235. The Kier molecular flexibility index (Phi) is 10.3. The van der Waals surface area contributed by atoms with Gasteiger partial charge in [0.25, 0.3) is 0 Å². The van der Waals surface area contributed by atoms with Gasteiger partial charge in [-0.05, 0) is 97.5 Å². The fourth-order valence-electron chi connectivity index (χ4n) is 11.4. The molecule has 1 aromatic carbocycles. The molecule has 4 fully saturated rings. The van der Waals surface area contributed by atoms with E-state index in [0.717, 1.165) is 30.4 Å². The van der Waals surface area contributed by atoms with E-state index in [-0.39, 0.29) is 76.5 Å². The number of methoxy groups -OCH3 is 1. The lowest BCUT2D eigenvalue weighted by Crippen LogP contribution is -2.64. The first-order valence-corrected chi connectivity index (χ1v) is 17.8. The van der Waals surface area contributed by atoms with E-state index in [0.29, 0.717) is 45.1 Å². The van der Waals surface area contributed by atoms with Gasteiger partial charge in [-0.1, -0.05) is 45.0 Å². The highest BCUT2D eigenvalue weighted by atomic mass is 16.5. The van der Waals surface area contributed by atoms with Crippen LogP contribution in [0.2, 0.25) is 0 Å². The van der Waals surface area contributed by atoms with Crippen molar-refractivity contribution in [1.29, 1.82) is 10.5 Å². The molecule has 2 N–H and O–H groups in total. The van der Waals surface area contributed by atoms with Crippen molar-refractivity contribution in [2.75, 3.05) is 7.11 Å². The molecule has 0 aliphatic heterocycles. The number of esters is 3. The Morgan fingerprint density at radius 1 is 0.979 bits per heavy atom. The molecule has 0 heterocycles. The van der Waals surface area contributed by atoms with E-state index in [1.807, 2.05) is 24.3 Å². The van der Waals surface area contributed by atoms with Crippen LogP contribution in [0, 0.1) is 74.9 Å². The number of nitrogens with two attached hydrogens (primary N) is 1. The summed E-state index contributed by atoms with van der Waals surface area (Å²) in [7, 11) is 1.41. The predicted molar refractivity (Wildman–Crippen MR) is 178 cm³/mol. The summed E-state index contributed by atoms with van der Waals surface area (Å²) >= 11 is 0. The molecule has 0 spiro atoms. The second-order valence-corrected chi connectivity index (χ2v) is 15.8. The zero-order valence-corrected chi connectivity index (χ0v) is 29.5. The summed E-state index contributed by atoms with van der Waals surface area (Å²) in [6.07, 6.45) is 5.73. The molecular weight excluding hydrogens is 606 g/mol. The summed E-state index contributed by atoms with van der Waals surface area (Å²) in [5.41, 5.74) is 6.68. The van der Waals surface area contributed by atoms with E-state index in [1.54, 1.807) is 0 Å². The molecule has 0 bridgehead atoms. The van der Waals surface area contributed by atoms with Crippen molar-refractivity contribution in [3.8, 4) is 12.1 Å². The van der Waals surface area contributed by atoms with Crippen molar-refractivity contribution in [3.05, 3.63) is 35.4 Å². The summed E-state index contributed by atoms with van der Waals surface area (Å²) in [4.78, 5) is 37.5. The van der Waals surface area contributed by atoms with Crippen molar-refractivity contribution in [3.63, 3.8) is 0 Å². The largest absolute Gasteiger partial charge is 0.469 e. The van der Waals surface area contributed by atoms with Gasteiger partial charge in [0.2, 0.25) is 0 Å². The molecular formula is C39H53N3O6. The zero-order valence-electron chi connectivity index (χ0n) is 29.5. The molecule has 0 radical (unpaired) electrons. The molecule has 11 atom stereocenters. The third kappa shape index (κ3) is 6.02. The number of hydrogen-bond acceptors (Lipinski definition) is 9. The van der Waals surface area contributed by atoms with Crippen LogP contribution >= 0.6 is 0 Å². The molecule has 5 rings (SSSR count). The van der Waals surface area contributed by atoms with E-state index in [9.17, 15) is 24.9 Å². The van der Waals surface area contributed by atoms with Crippen molar-refractivity contribution in [1.82, 2.24) is 0 Å². The van der Waals surface area contributed by atoms with Gasteiger partial charge in [0.1, 0.15) is 18.1 Å². The summed E-state index contributed by atoms with van der Waals surface area (Å²) in [5.74, 6) is -0.776. The Labute approximate surface area is 285 Å². The summed E-state index contributed by atoms with van der Waals surface area (Å²) in [6.45, 7) is 10.2. The first kappa shape index (κ1) is 35.9. The lowest BCUT2D eigenvalue weighted by molar-refractivity contribution is -0.223. The van der Waals surface area contributed by atoms with E-state index in [4.69, 9.17) is 19.9 Å². The highest BCUT2D eigenvalue weighted by Crippen LogP contribution is 2.71. The number of carbonyl (C=O) groups excluding carboxylic acids is 3. The van der Waals surface area contributed by atoms with Crippen molar-refractivity contribution in [2.45, 2.75) is 117 Å². The first-order chi connectivity index (χ1) is 22.8. The molecule has 0 aromatic heterocycles. The number of nitrogens with zero attached hydrogens (tertiary/aromatic N) is 2. The summed E-state index contributed by atoms with van der Waals surface area (Å²) < 4.78 is 17.5. The maximum atomic E-state index is 12.7. The van der Waals surface area contributed by atoms with Crippen LogP contribution in [0.4, 0.5) is 0 Å². The minimum Gasteiger partial charge on any atom is -0.469 e. The van der Waals surface area contributed by atoms with Gasteiger partial charge in [0.05, 0.1) is 19.2 Å². The number of nitriles is 2. The minimum atomic E-state index is -0.832. The van der Waals surface area contributed by atoms with Crippen LogP contribution in [0.1, 0.15) is 104 Å². The lowest BCUT2D eigenvalue weighted by atomic mass is 9.40. The fraction of sp³-hybridized carbons (Fsp3) is 0.718. The van der Waals surface area contributed by atoms with Gasteiger partial charge in [-0.2, -0.15) is 10.5 Å². The smallest absolute Gasteiger partial charge is 0.305 e. The first-order valence-electron chi connectivity index (χ1n) is 17.8. The zero-order chi connectivity index (χ0) is 35.0. The SMILES string of the molecule is COC(=O)CC[C@@H](C)[C@H]1CC[C@H]2[C@@H]3[C@H](OC(C)=O)C[C@@H]4C[C@@](c5ccc(CN)cc5)(C(C#N)C#N)CC[C@]4(C)[C@H]3C[C@H](OC(C)=O)[C@]12C. The standard InChI is InChI=1S/C39H53N3O6/c1-23(7-14-35(45)46-6)30-12-13-31-36-32(18-34(38(30,31)5)48-25(3)44)37(4)15-16-39(29(21-41)22-42,27-10-8-26(20-40)9-11-27)19-28(37)17-33(36)47-24(2)43/h8-11,23,28-34,36H,7,12-20,40H2,1-6H3/t23-,28-,30-,31+,32+,33-,34+,36+,37+,38-,39+/m1/s1. The minimum absolute atomic E-state index is 0.0775. The maximum Gasteiger partial charge on any atom is 0.305 e. The molecule has 0 amide bonds. The lowest BCUT2D eigenvalue weighted by Gasteiger charge is -2.65. The van der Waals surface area contributed by atoms with Gasteiger partial charge in [-0.25, -0.2) is 0 Å². The van der Waals surface area contributed by atoms with Crippen LogP contribution in [0.15, 0.2) is 24.3 Å². The molecule has 4 aliphatic rings. The molecule has 4 saturated carbocycles. The predicted octanol–water partition coefficient (Wildman–Crippen LogP) is 6.38. The molecule has 0 unspecified atom stereocenters. The Hall–Kier alpha value is -3.43. The average molecular weight is 660 g/mol. The topological polar surface area (TPSA) is 152 Å². The van der Waals surface area contributed by atoms with Crippen LogP contribution in [0.25, 0.3) is 0 Å². The van der Waals surface area contributed by atoms with E-state index < -0.39 is 11.3 Å². The van der Waals surface area contributed by atoms with Crippen LogP contribution in [-0.4, -0.2) is 37.2 Å². The van der Waals surface area contributed by atoms with Gasteiger partial charge in [0, 0.05) is 43.6 Å². The Balaban J connectivity index is 1.56. The van der Waals surface area contributed by atoms with Crippen LogP contribution in [0.3, 0.4) is 0 Å². The van der Waals surface area contributed by atoms with Crippen molar-refractivity contribution in [2.24, 2.45) is 58.0 Å². The second kappa shape index (κ2) is 13.8. The van der Waals surface area contributed by atoms with Gasteiger partial charge in [0.15, 0.2) is 0 Å². The molecule has 4 aliphatic carbocycles. The monoisotopic (exact) mass is 659 g/mol. The fourth-order valence-corrected chi connectivity index (χ4v) is 11.4. The normalized spacial score (nSPS) is 37.5. The Morgan fingerprint density at radius 3 is 2.23 bits per heavy atom. The van der Waals surface area contributed by atoms with Crippen molar-refractivity contribution >= 4 is 17.9 Å². The number of carbonyl (C=O) groups is 3.